The van der Waals surface area contributed by atoms with Crippen LogP contribution in [0, 0.1) is 46.3 Å². The summed E-state index contributed by atoms with van der Waals surface area (Å²) in [6.45, 7) is 12.2. The van der Waals surface area contributed by atoms with Crippen LogP contribution < -0.4 is 0 Å². The molecule has 0 aromatic carbocycles. The van der Waals surface area contributed by atoms with Gasteiger partial charge in [0.15, 0.2) is 0 Å². The minimum Gasteiger partial charge on any atom is -0.393 e. The van der Waals surface area contributed by atoms with Gasteiger partial charge >= 0.3 is 0 Å². The summed E-state index contributed by atoms with van der Waals surface area (Å²) in [5.41, 5.74) is -0.390. The third-order valence-corrected chi connectivity index (χ3v) is 10.5. The third kappa shape index (κ3) is 3.45. The van der Waals surface area contributed by atoms with Crippen molar-refractivity contribution in [1.29, 1.82) is 0 Å². The highest BCUT2D eigenvalue weighted by Crippen LogP contribution is 2.67. The number of hydrogen-bond acceptors (Lipinski definition) is 2. The molecule has 0 radical (unpaired) electrons. The van der Waals surface area contributed by atoms with Crippen molar-refractivity contribution >= 4 is 0 Å². The van der Waals surface area contributed by atoms with E-state index >= 15 is 0 Å². The van der Waals surface area contributed by atoms with Gasteiger partial charge in [-0.15, -0.1) is 0 Å². The number of aliphatic hydroxyl groups is 2. The zero-order valence-corrected chi connectivity index (χ0v) is 19.7. The molecule has 0 bridgehead atoms. The van der Waals surface area contributed by atoms with E-state index in [1.54, 1.807) is 0 Å². The molecule has 2 nitrogen and oxygen atoms in total. The molecule has 9 unspecified atom stereocenters. The second-order valence-corrected chi connectivity index (χ2v) is 12.4. The van der Waals surface area contributed by atoms with Crippen LogP contribution in [0.15, 0.2) is 12.2 Å². The minimum atomic E-state index is -0.804. The van der Waals surface area contributed by atoms with Crippen molar-refractivity contribution in [2.24, 2.45) is 46.3 Å². The van der Waals surface area contributed by atoms with Crippen LogP contribution in [0.25, 0.3) is 0 Å². The van der Waals surface area contributed by atoms with E-state index < -0.39 is 5.60 Å². The molecule has 29 heavy (non-hydrogen) atoms. The Morgan fingerprint density at radius 1 is 0.966 bits per heavy atom. The maximum Gasteiger partial charge on any atom is 0.0908 e. The van der Waals surface area contributed by atoms with E-state index in [9.17, 15) is 10.2 Å². The van der Waals surface area contributed by atoms with E-state index in [-0.39, 0.29) is 11.5 Å². The Balaban J connectivity index is 1.53. The number of aliphatic hydroxyl groups excluding tert-OH is 1. The molecule has 4 aliphatic carbocycles. The van der Waals surface area contributed by atoms with Crippen LogP contribution in [0.2, 0.25) is 0 Å². The lowest BCUT2D eigenvalue weighted by molar-refractivity contribution is -0.167. The number of hydrogen-bond donors (Lipinski definition) is 2. The zero-order chi connectivity index (χ0) is 21.0. The van der Waals surface area contributed by atoms with Crippen LogP contribution >= 0.6 is 0 Å². The zero-order valence-electron chi connectivity index (χ0n) is 19.7. The highest BCUT2D eigenvalue weighted by atomic mass is 16.3. The van der Waals surface area contributed by atoms with E-state index in [0.717, 1.165) is 36.5 Å². The number of fused-ring (bicyclic) bond motifs is 5. The van der Waals surface area contributed by atoms with Crippen LogP contribution in [0.5, 0.6) is 0 Å². The number of rotatable bonds is 5. The van der Waals surface area contributed by atoms with Gasteiger partial charge in [-0.25, -0.2) is 0 Å². The summed E-state index contributed by atoms with van der Waals surface area (Å²) in [6.07, 6.45) is 16.0. The second-order valence-electron chi connectivity index (χ2n) is 12.4. The topological polar surface area (TPSA) is 40.5 Å². The molecule has 4 rings (SSSR count). The average Bonchev–Trinajstić information content (AvgIpc) is 2.99. The van der Waals surface area contributed by atoms with Crippen LogP contribution in [-0.4, -0.2) is 21.9 Å². The quantitative estimate of drug-likeness (QED) is 0.525. The van der Waals surface area contributed by atoms with Gasteiger partial charge in [0.1, 0.15) is 0 Å². The molecule has 9 atom stereocenters. The molecule has 0 aliphatic heterocycles. The van der Waals surface area contributed by atoms with E-state index in [1.165, 1.54) is 44.9 Å². The smallest absolute Gasteiger partial charge is 0.0908 e. The van der Waals surface area contributed by atoms with Crippen molar-refractivity contribution in [2.75, 3.05) is 0 Å². The first-order valence-electron chi connectivity index (χ1n) is 12.7. The van der Waals surface area contributed by atoms with Gasteiger partial charge < -0.3 is 10.2 Å². The summed E-state index contributed by atoms with van der Waals surface area (Å²) in [5.74, 6) is 4.52. The van der Waals surface area contributed by atoms with Crippen molar-refractivity contribution in [3.8, 4) is 0 Å². The van der Waals surface area contributed by atoms with E-state index in [2.05, 4.69) is 46.8 Å². The van der Waals surface area contributed by atoms with Crippen molar-refractivity contribution < 1.29 is 10.2 Å². The van der Waals surface area contributed by atoms with Crippen molar-refractivity contribution in [2.45, 2.75) is 111 Å². The van der Waals surface area contributed by atoms with Gasteiger partial charge in [-0.3, -0.25) is 0 Å². The SMILES string of the molecule is CC(C)CCCC(C)C1CCC2C3C=CC4(O)CC(O)CCC4(C)C3CCC12C. The van der Waals surface area contributed by atoms with Gasteiger partial charge in [0.2, 0.25) is 0 Å². The highest BCUT2D eigenvalue weighted by Gasteiger charge is 2.63. The number of allylic oxidation sites excluding steroid dienone is 1. The molecule has 0 saturated heterocycles. The minimum absolute atomic E-state index is 0.0616. The lowest BCUT2D eigenvalue weighted by Crippen LogP contribution is -2.60. The molecule has 2 heteroatoms. The Bertz CT molecular complexity index is 626. The van der Waals surface area contributed by atoms with Crippen LogP contribution in [0.1, 0.15) is 98.8 Å². The van der Waals surface area contributed by atoms with Gasteiger partial charge in [-0.1, -0.05) is 66.0 Å². The first-order valence-corrected chi connectivity index (χ1v) is 12.7. The lowest BCUT2D eigenvalue weighted by Gasteiger charge is -2.61. The fourth-order valence-electron chi connectivity index (χ4n) is 8.64. The Morgan fingerprint density at radius 2 is 1.72 bits per heavy atom. The summed E-state index contributed by atoms with van der Waals surface area (Å²) < 4.78 is 0. The van der Waals surface area contributed by atoms with Crippen molar-refractivity contribution in [3.05, 3.63) is 12.2 Å². The van der Waals surface area contributed by atoms with E-state index in [1.807, 2.05) is 0 Å². The largest absolute Gasteiger partial charge is 0.393 e. The molecule has 3 fully saturated rings. The Kier molecular flexibility index (Phi) is 5.78. The van der Waals surface area contributed by atoms with Gasteiger partial charge in [-0.05, 0) is 79.4 Å². The normalized spacial score (nSPS) is 50.1. The van der Waals surface area contributed by atoms with Crippen LogP contribution in [0.3, 0.4) is 0 Å². The van der Waals surface area contributed by atoms with Gasteiger partial charge in [0.05, 0.1) is 11.7 Å². The monoisotopic (exact) mass is 402 g/mol. The summed E-state index contributed by atoms with van der Waals surface area (Å²) in [4.78, 5) is 0. The molecule has 0 aromatic heterocycles. The molecule has 0 aromatic rings. The highest BCUT2D eigenvalue weighted by molar-refractivity contribution is 5.24. The third-order valence-electron chi connectivity index (χ3n) is 10.5. The lowest BCUT2D eigenvalue weighted by atomic mass is 9.45. The van der Waals surface area contributed by atoms with Gasteiger partial charge in [-0.2, -0.15) is 0 Å². The maximum atomic E-state index is 11.5. The maximum absolute atomic E-state index is 11.5. The fourth-order valence-corrected chi connectivity index (χ4v) is 8.64. The van der Waals surface area contributed by atoms with Crippen molar-refractivity contribution in [3.63, 3.8) is 0 Å². The van der Waals surface area contributed by atoms with E-state index in [0.29, 0.717) is 23.7 Å². The van der Waals surface area contributed by atoms with Crippen molar-refractivity contribution in [1.82, 2.24) is 0 Å². The average molecular weight is 403 g/mol. The summed E-state index contributed by atoms with van der Waals surface area (Å²) >= 11 is 0. The Hall–Kier alpha value is -0.340. The Labute approximate surface area is 179 Å². The molecule has 0 heterocycles. The predicted molar refractivity (Wildman–Crippen MR) is 120 cm³/mol. The van der Waals surface area contributed by atoms with Gasteiger partial charge in [0, 0.05) is 11.8 Å². The molecule has 166 valence electrons. The van der Waals surface area contributed by atoms with E-state index in [4.69, 9.17) is 0 Å². The molecule has 2 N–H and O–H groups in total. The second kappa shape index (κ2) is 7.66. The summed E-state index contributed by atoms with van der Waals surface area (Å²) in [5, 5.41) is 21.7. The predicted octanol–water partition coefficient (Wildman–Crippen LogP) is 6.36. The fraction of sp³-hybridized carbons (Fsp3) is 0.926. The van der Waals surface area contributed by atoms with Crippen LogP contribution in [-0.2, 0) is 0 Å². The Morgan fingerprint density at radius 3 is 2.45 bits per heavy atom. The summed E-state index contributed by atoms with van der Waals surface area (Å²) in [7, 11) is 0. The molecule has 3 saturated carbocycles. The van der Waals surface area contributed by atoms with Crippen LogP contribution in [0.4, 0.5) is 0 Å². The first-order chi connectivity index (χ1) is 13.6. The molecule has 0 amide bonds. The molecule has 0 spiro atoms. The standard InChI is InChI=1S/C27H46O2/c1-18(2)7-6-8-19(3)22-9-10-23-21-12-16-27(29)17-20(28)11-15-26(27,5)24(21)13-14-25(22,23)4/h12,16,18-24,28-29H,6-11,13-15,17H2,1-5H3. The summed E-state index contributed by atoms with van der Waals surface area (Å²) in [6, 6.07) is 0. The van der Waals surface area contributed by atoms with Gasteiger partial charge in [0.25, 0.3) is 0 Å². The molecular weight excluding hydrogens is 356 g/mol. The molecule has 4 aliphatic rings. The first kappa shape index (κ1) is 21.9. The molecular formula is C27H46O2.